The fourth-order valence-corrected chi connectivity index (χ4v) is 0.746. The maximum Gasteiger partial charge on any atom is 0.325 e. The van der Waals surface area contributed by atoms with Gasteiger partial charge in [0.1, 0.15) is 11.8 Å². The van der Waals surface area contributed by atoms with E-state index in [2.05, 4.69) is 4.74 Å². The summed E-state index contributed by atoms with van der Waals surface area (Å²) in [5.74, 6) is -0.341. The first kappa shape index (κ1) is 11.1. The van der Waals surface area contributed by atoms with Crippen LogP contribution in [-0.2, 0) is 14.3 Å². The molecule has 0 saturated heterocycles. The number of rotatable bonds is 4. The summed E-state index contributed by atoms with van der Waals surface area (Å²) in [4.78, 5) is 23.0. The Bertz CT molecular complexity index is 177. The van der Waals surface area contributed by atoms with Crippen LogP contribution in [-0.4, -0.2) is 43.4 Å². The van der Waals surface area contributed by atoms with Gasteiger partial charge >= 0.3 is 5.97 Å². The van der Waals surface area contributed by atoms with Gasteiger partial charge in [0.15, 0.2) is 0 Å². The largest absolute Gasteiger partial charge is 0.468 e. The normalized spacial score (nSPS) is 11.4. The molecule has 4 heteroatoms. The van der Waals surface area contributed by atoms with Gasteiger partial charge in [-0.05, 0) is 20.9 Å². The summed E-state index contributed by atoms with van der Waals surface area (Å²) in [5.41, 5.74) is -0.740. The maximum atomic E-state index is 11.2. The second kappa shape index (κ2) is 4.21. The van der Waals surface area contributed by atoms with Crippen LogP contribution in [0.25, 0.3) is 0 Å². The zero-order chi connectivity index (χ0) is 9.78. The summed E-state index contributed by atoms with van der Waals surface area (Å²) in [7, 11) is 3.03. The molecule has 0 aromatic carbocycles. The number of hydrogen-bond acceptors (Lipinski definition) is 4. The second-order valence-electron chi connectivity index (χ2n) is 3.10. The molecule has 0 aliphatic rings. The second-order valence-corrected chi connectivity index (χ2v) is 3.10. The van der Waals surface area contributed by atoms with Crippen molar-refractivity contribution in [2.45, 2.75) is 19.4 Å². The SMILES string of the molecule is COC(=O)C(C)(C)N(C)CC=O. The summed E-state index contributed by atoms with van der Waals surface area (Å²) in [6.07, 6.45) is 0.755. The van der Waals surface area contributed by atoms with Crippen molar-refractivity contribution < 1.29 is 14.3 Å². The molecule has 0 spiro atoms. The highest BCUT2D eigenvalue weighted by atomic mass is 16.5. The van der Waals surface area contributed by atoms with E-state index in [0.29, 0.717) is 0 Å². The highest BCUT2D eigenvalue weighted by Crippen LogP contribution is 2.12. The van der Waals surface area contributed by atoms with Gasteiger partial charge in [0.05, 0.1) is 13.7 Å². The van der Waals surface area contributed by atoms with Gasteiger partial charge in [0.2, 0.25) is 0 Å². The van der Waals surface area contributed by atoms with Gasteiger partial charge in [-0.2, -0.15) is 0 Å². The van der Waals surface area contributed by atoms with Crippen LogP contribution >= 0.6 is 0 Å². The standard InChI is InChI=1S/C8H15NO3/c1-8(2,7(11)12-4)9(3)5-6-10/h6H,5H2,1-4H3. The Hall–Kier alpha value is -0.900. The lowest BCUT2D eigenvalue weighted by Crippen LogP contribution is -2.49. The van der Waals surface area contributed by atoms with E-state index >= 15 is 0 Å². The molecule has 0 saturated carbocycles. The lowest BCUT2D eigenvalue weighted by atomic mass is 10.0. The molecule has 0 unspecified atom stereocenters. The fourth-order valence-electron chi connectivity index (χ4n) is 0.746. The van der Waals surface area contributed by atoms with E-state index in [-0.39, 0.29) is 12.5 Å². The predicted octanol–water partition coefficient (Wildman–Crippen LogP) is 0.0687. The number of carbonyl (C=O) groups excluding carboxylic acids is 2. The van der Waals surface area contributed by atoms with Crippen molar-refractivity contribution in [3.05, 3.63) is 0 Å². The first-order chi connectivity index (χ1) is 5.46. The predicted molar refractivity (Wildman–Crippen MR) is 44.8 cm³/mol. The molecule has 0 aromatic rings. The Balaban J connectivity index is 4.36. The van der Waals surface area contributed by atoms with E-state index in [1.165, 1.54) is 7.11 Å². The number of hydrogen-bond donors (Lipinski definition) is 0. The van der Waals surface area contributed by atoms with Gasteiger partial charge in [-0.1, -0.05) is 0 Å². The molecular formula is C8H15NO3. The molecule has 0 fully saturated rings. The highest BCUT2D eigenvalue weighted by molar-refractivity contribution is 5.80. The molecule has 0 heterocycles. The molecule has 0 aliphatic carbocycles. The Morgan fingerprint density at radius 3 is 2.42 bits per heavy atom. The fraction of sp³-hybridized carbons (Fsp3) is 0.750. The quantitative estimate of drug-likeness (QED) is 0.446. The van der Waals surface area contributed by atoms with E-state index < -0.39 is 5.54 Å². The molecule has 0 amide bonds. The van der Waals surface area contributed by atoms with Crippen molar-refractivity contribution in [1.82, 2.24) is 4.90 Å². The van der Waals surface area contributed by atoms with Crippen LogP contribution in [0.5, 0.6) is 0 Å². The zero-order valence-electron chi connectivity index (χ0n) is 7.96. The van der Waals surface area contributed by atoms with Crippen LogP contribution in [0.4, 0.5) is 0 Å². The average Bonchev–Trinajstić information content (AvgIpc) is 2.03. The van der Waals surface area contributed by atoms with Crippen molar-refractivity contribution in [2.24, 2.45) is 0 Å². The number of methoxy groups -OCH3 is 1. The van der Waals surface area contributed by atoms with Gasteiger partial charge in [-0.15, -0.1) is 0 Å². The number of nitrogens with zero attached hydrogens (tertiary/aromatic N) is 1. The first-order valence-corrected chi connectivity index (χ1v) is 3.70. The van der Waals surface area contributed by atoms with E-state index in [9.17, 15) is 9.59 Å². The lowest BCUT2D eigenvalue weighted by molar-refractivity contribution is -0.152. The van der Waals surface area contributed by atoms with Crippen LogP contribution < -0.4 is 0 Å². The van der Waals surface area contributed by atoms with Crippen molar-refractivity contribution >= 4 is 12.3 Å². The van der Waals surface area contributed by atoms with E-state index in [1.54, 1.807) is 25.8 Å². The van der Waals surface area contributed by atoms with E-state index in [0.717, 1.165) is 6.29 Å². The Labute approximate surface area is 72.5 Å². The third kappa shape index (κ3) is 2.30. The summed E-state index contributed by atoms with van der Waals surface area (Å²) >= 11 is 0. The molecule has 0 N–H and O–H groups in total. The Kier molecular flexibility index (Phi) is 3.89. The van der Waals surface area contributed by atoms with Crippen LogP contribution in [0.1, 0.15) is 13.8 Å². The van der Waals surface area contributed by atoms with Crippen LogP contribution in [0.15, 0.2) is 0 Å². The van der Waals surface area contributed by atoms with Gasteiger partial charge in [-0.25, -0.2) is 0 Å². The van der Waals surface area contributed by atoms with Gasteiger partial charge in [0.25, 0.3) is 0 Å². The van der Waals surface area contributed by atoms with Gasteiger partial charge in [-0.3, -0.25) is 9.69 Å². The lowest BCUT2D eigenvalue weighted by Gasteiger charge is -2.30. The molecule has 0 radical (unpaired) electrons. The Morgan fingerprint density at radius 2 is 2.08 bits per heavy atom. The topological polar surface area (TPSA) is 46.6 Å². The van der Waals surface area contributed by atoms with E-state index in [1.807, 2.05) is 0 Å². The molecule has 4 nitrogen and oxygen atoms in total. The number of carbonyl (C=O) groups is 2. The van der Waals surface area contributed by atoms with Crippen molar-refractivity contribution in [1.29, 1.82) is 0 Å². The van der Waals surface area contributed by atoms with Crippen LogP contribution in [0.2, 0.25) is 0 Å². The molecule has 70 valence electrons. The third-order valence-corrected chi connectivity index (χ3v) is 1.99. The summed E-state index contributed by atoms with van der Waals surface area (Å²) in [6, 6.07) is 0. The molecular weight excluding hydrogens is 158 g/mol. The molecule has 0 atom stereocenters. The number of aldehydes is 1. The van der Waals surface area contributed by atoms with Crippen molar-refractivity contribution in [2.75, 3.05) is 20.7 Å². The molecule has 0 aromatic heterocycles. The molecule has 12 heavy (non-hydrogen) atoms. The number of esters is 1. The summed E-state index contributed by atoms with van der Waals surface area (Å²) < 4.78 is 4.59. The molecule has 0 aliphatic heterocycles. The summed E-state index contributed by atoms with van der Waals surface area (Å²) in [5, 5.41) is 0. The summed E-state index contributed by atoms with van der Waals surface area (Å²) in [6.45, 7) is 3.65. The van der Waals surface area contributed by atoms with E-state index in [4.69, 9.17) is 0 Å². The highest BCUT2D eigenvalue weighted by Gasteiger charge is 2.32. The third-order valence-electron chi connectivity index (χ3n) is 1.99. The zero-order valence-corrected chi connectivity index (χ0v) is 7.96. The minimum absolute atomic E-state index is 0.224. The van der Waals surface area contributed by atoms with Crippen LogP contribution in [0, 0.1) is 0 Å². The minimum Gasteiger partial charge on any atom is -0.468 e. The number of likely N-dealkylation sites (N-methyl/N-ethyl adjacent to an activating group) is 1. The monoisotopic (exact) mass is 173 g/mol. The van der Waals surface area contributed by atoms with Gasteiger partial charge < -0.3 is 9.53 Å². The molecule has 0 bridgehead atoms. The van der Waals surface area contributed by atoms with Crippen molar-refractivity contribution in [3.8, 4) is 0 Å². The Morgan fingerprint density at radius 1 is 1.58 bits per heavy atom. The van der Waals surface area contributed by atoms with Gasteiger partial charge in [0, 0.05) is 0 Å². The van der Waals surface area contributed by atoms with Crippen LogP contribution in [0.3, 0.4) is 0 Å². The number of ether oxygens (including phenoxy) is 1. The maximum absolute atomic E-state index is 11.2. The minimum atomic E-state index is -0.740. The first-order valence-electron chi connectivity index (χ1n) is 3.70. The molecule has 0 rings (SSSR count). The smallest absolute Gasteiger partial charge is 0.325 e. The van der Waals surface area contributed by atoms with Crippen molar-refractivity contribution in [3.63, 3.8) is 0 Å². The average molecular weight is 173 g/mol.